The molecule has 4 amide bonds. The molecule has 1 aliphatic heterocycles. The number of nitrogens with zero attached hydrogens (tertiary/aromatic N) is 3. The van der Waals surface area contributed by atoms with Crippen LogP contribution in [0.4, 0.5) is 23.4 Å². The zero-order valence-corrected chi connectivity index (χ0v) is 26.6. The molecular weight excluding hydrogens is 660 g/mol. The fraction of sp³-hybridized carbons (Fsp3) is 0.229. The van der Waals surface area contributed by atoms with Crippen molar-refractivity contribution < 1.29 is 41.8 Å². The number of rotatable bonds is 11. The van der Waals surface area contributed by atoms with Crippen LogP contribution in [0.15, 0.2) is 91.0 Å². The molecule has 2 atom stereocenters. The maximum absolute atomic E-state index is 14.3. The Balaban J connectivity index is 1.62. The van der Waals surface area contributed by atoms with E-state index in [1.165, 1.54) is 39.9 Å². The number of alkyl halides is 3. The lowest BCUT2D eigenvalue weighted by molar-refractivity contribution is -0.137. The Morgan fingerprint density at radius 2 is 1.62 bits per heavy atom. The van der Waals surface area contributed by atoms with Gasteiger partial charge >= 0.3 is 6.18 Å². The van der Waals surface area contributed by atoms with Crippen molar-refractivity contribution in [1.29, 1.82) is 0 Å². The number of anilines is 1. The van der Waals surface area contributed by atoms with Crippen LogP contribution in [0.1, 0.15) is 45.6 Å². The highest BCUT2D eigenvalue weighted by Crippen LogP contribution is 2.43. The van der Waals surface area contributed by atoms with Gasteiger partial charge < -0.3 is 21.1 Å². The molecule has 4 aromatic rings. The summed E-state index contributed by atoms with van der Waals surface area (Å²) in [5.74, 6) is -4.12. The van der Waals surface area contributed by atoms with Crippen LogP contribution in [0.3, 0.4) is 0 Å². The van der Waals surface area contributed by atoms with E-state index in [1.54, 1.807) is 37.3 Å². The third kappa shape index (κ3) is 7.73. The number of benzene rings is 3. The number of hydrogen-bond acceptors (Lipinski definition) is 6. The topological polar surface area (TPSA) is 146 Å². The Labute approximate surface area is 283 Å². The number of aliphatic hydroxyl groups excluding tert-OH is 1. The number of aromatic nitrogens is 2. The highest BCUT2D eigenvalue weighted by Gasteiger charge is 2.46. The average Bonchev–Trinajstić information content (AvgIpc) is 3.48. The maximum Gasteiger partial charge on any atom is 0.416 e. The first-order valence-corrected chi connectivity index (χ1v) is 15.5. The summed E-state index contributed by atoms with van der Waals surface area (Å²) >= 11 is 0. The summed E-state index contributed by atoms with van der Waals surface area (Å²) in [4.78, 5) is 53.9. The van der Waals surface area contributed by atoms with Crippen molar-refractivity contribution in [3.05, 3.63) is 125 Å². The number of hydrogen-bond donors (Lipinski definition) is 4. The average molecular weight is 693 g/mol. The number of aliphatic hydroxyl groups is 1. The van der Waals surface area contributed by atoms with Crippen molar-refractivity contribution in [3.63, 3.8) is 0 Å². The van der Waals surface area contributed by atoms with Gasteiger partial charge in [0.05, 0.1) is 30.1 Å². The van der Waals surface area contributed by atoms with Gasteiger partial charge in [0.1, 0.15) is 17.7 Å². The van der Waals surface area contributed by atoms with Gasteiger partial charge in [-0.1, -0.05) is 36.4 Å². The smallest absolute Gasteiger partial charge is 0.395 e. The lowest BCUT2D eigenvalue weighted by atomic mass is 9.80. The predicted octanol–water partition coefficient (Wildman–Crippen LogP) is 3.61. The van der Waals surface area contributed by atoms with Gasteiger partial charge in [-0.05, 0) is 55.0 Å². The number of likely N-dealkylation sites (N-methyl/N-ethyl adjacent to an activating group) is 1. The van der Waals surface area contributed by atoms with E-state index in [0.29, 0.717) is 28.7 Å². The fourth-order valence-electron chi connectivity index (χ4n) is 5.67. The molecule has 15 heteroatoms. The Morgan fingerprint density at radius 1 is 0.940 bits per heavy atom. The van der Waals surface area contributed by atoms with E-state index in [9.17, 15) is 36.7 Å². The molecule has 1 aliphatic rings. The van der Waals surface area contributed by atoms with Crippen LogP contribution in [0.5, 0.6) is 0 Å². The molecule has 5 rings (SSSR count). The van der Waals surface area contributed by atoms with E-state index in [1.807, 2.05) is 0 Å². The second-order valence-electron chi connectivity index (χ2n) is 11.1. The molecule has 11 nitrogen and oxygen atoms in total. The highest BCUT2D eigenvalue weighted by atomic mass is 19.4. The highest BCUT2D eigenvalue weighted by molar-refractivity contribution is 6.05. The predicted molar refractivity (Wildman–Crippen MR) is 174 cm³/mol. The van der Waals surface area contributed by atoms with Crippen molar-refractivity contribution in [3.8, 4) is 5.69 Å². The van der Waals surface area contributed by atoms with E-state index in [0.717, 1.165) is 24.3 Å². The molecule has 2 heterocycles. The zero-order chi connectivity index (χ0) is 36.0. The third-order valence-electron chi connectivity index (χ3n) is 7.92. The summed E-state index contributed by atoms with van der Waals surface area (Å²) < 4.78 is 56.1. The second kappa shape index (κ2) is 15.2. The number of nitrogens with one attached hydrogen (secondary N) is 3. The van der Waals surface area contributed by atoms with Crippen LogP contribution in [0, 0.1) is 5.82 Å². The van der Waals surface area contributed by atoms with Gasteiger partial charge in [0, 0.05) is 42.3 Å². The number of carbonyl (C=O) groups excluding carboxylic acids is 4. The van der Waals surface area contributed by atoms with Crippen molar-refractivity contribution in [2.24, 2.45) is 0 Å². The first kappa shape index (κ1) is 35.5. The normalized spacial score (nSPS) is 15.9. The maximum atomic E-state index is 14.3. The Morgan fingerprint density at radius 3 is 2.26 bits per heavy atom. The summed E-state index contributed by atoms with van der Waals surface area (Å²) in [5.41, 5.74) is 0.204. The minimum atomic E-state index is -4.72. The molecule has 0 aliphatic carbocycles. The number of halogens is 4. The summed E-state index contributed by atoms with van der Waals surface area (Å²) in [6, 6.07) is 16.4. The van der Waals surface area contributed by atoms with Gasteiger partial charge in [-0.15, -0.1) is 0 Å². The Bertz CT molecular complexity index is 1910. The van der Waals surface area contributed by atoms with E-state index in [2.05, 4.69) is 16.0 Å². The largest absolute Gasteiger partial charge is 0.416 e. The van der Waals surface area contributed by atoms with Gasteiger partial charge in [0.25, 0.3) is 11.8 Å². The molecule has 0 radical (unpaired) electrons. The van der Waals surface area contributed by atoms with Gasteiger partial charge in [0.15, 0.2) is 0 Å². The first-order chi connectivity index (χ1) is 23.9. The molecule has 0 saturated heterocycles. The Hall–Kier alpha value is -5.83. The zero-order valence-electron chi connectivity index (χ0n) is 26.6. The van der Waals surface area contributed by atoms with Crippen LogP contribution in [-0.2, 0) is 27.1 Å². The SMILES string of the molecule is CCN1C(=O)[C@H](NC(=O)c2cccc(C(F)(F)F)c2)[C@H](c2ccc(F)cc2)c2c(CNC(=O)/C=C/C(=O)NCCO)nn(-c3ccccc3)c21. The Kier molecular flexibility index (Phi) is 10.8. The molecule has 0 saturated carbocycles. The molecule has 1 aromatic heterocycles. The fourth-order valence-corrected chi connectivity index (χ4v) is 5.67. The van der Waals surface area contributed by atoms with Gasteiger partial charge in [0.2, 0.25) is 11.8 Å². The molecular formula is C35H32F4N6O5. The quantitative estimate of drug-likeness (QED) is 0.140. The number of para-hydroxylation sites is 1. The molecule has 0 fully saturated rings. The number of fused-ring (bicyclic) bond motifs is 1. The monoisotopic (exact) mass is 692 g/mol. The molecule has 0 unspecified atom stereocenters. The molecule has 260 valence electrons. The van der Waals surface area contributed by atoms with Crippen LogP contribution >= 0.6 is 0 Å². The van der Waals surface area contributed by atoms with Crippen molar-refractivity contribution in [2.45, 2.75) is 31.6 Å². The van der Waals surface area contributed by atoms with Crippen LogP contribution in [0.25, 0.3) is 5.69 Å². The van der Waals surface area contributed by atoms with Crippen molar-refractivity contribution in [1.82, 2.24) is 25.7 Å². The van der Waals surface area contributed by atoms with Crippen molar-refractivity contribution >= 4 is 29.4 Å². The summed E-state index contributed by atoms with van der Waals surface area (Å²) in [6.07, 6.45) is -2.74. The summed E-state index contributed by atoms with van der Waals surface area (Å²) in [5, 5.41) is 21.3. The molecule has 3 aromatic carbocycles. The van der Waals surface area contributed by atoms with Crippen LogP contribution < -0.4 is 20.9 Å². The van der Waals surface area contributed by atoms with Crippen LogP contribution in [0.2, 0.25) is 0 Å². The van der Waals surface area contributed by atoms with E-state index in [4.69, 9.17) is 10.2 Å². The molecule has 0 spiro atoms. The molecule has 50 heavy (non-hydrogen) atoms. The minimum absolute atomic E-state index is 0.00323. The van der Waals surface area contributed by atoms with Gasteiger partial charge in [-0.25, -0.2) is 9.07 Å². The van der Waals surface area contributed by atoms with Gasteiger partial charge in [-0.2, -0.15) is 18.3 Å². The van der Waals surface area contributed by atoms with Gasteiger partial charge in [-0.3, -0.25) is 24.1 Å². The third-order valence-corrected chi connectivity index (χ3v) is 7.92. The second-order valence-corrected chi connectivity index (χ2v) is 11.1. The molecule has 0 bridgehead atoms. The van der Waals surface area contributed by atoms with E-state index in [-0.39, 0.29) is 37.5 Å². The number of amides is 4. The van der Waals surface area contributed by atoms with Crippen LogP contribution in [-0.4, -0.2) is 64.3 Å². The standard InChI is InChI=1S/C35H32F4N6O5/c1-2-44-33-30(26(43-45(33)25-9-4-3-5-10-25)20-41-28(48)16-15-27(47)40-17-18-46)29(21-11-13-24(36)14-12-21)31(34(44)50)42-32(49)22-7-6-8-23(19-22)35(37,38)39/h3-16,19,29,31,46H,2,17-18,20H2,1H3,(H,40,47)(H,41,48)(H,42,49)/b16-15+/t29-,31-/m1/s1. The van der Waals surface area contributed by atoms with Crippen molar-refractivity contribution in [2.75, 3.05) is 24.6 Å². The summed E-state index contributed by atoms with van der Waals surface area (Å²) in [6.45, 7) is 1.28. The van der Waals surface area contributed by atoms with E-state index >= 15 is 0 Å². The lowest BCUT2D eigenvalue weighted by Gasteiger charge is -2.38. The lowest BCUT2D eigenvalue weighted by Crippen LogP contribution is -2.55. The molecule has 4 N–H and O–H groups in total. The first-order valence-electron chi connectivity index (χ1n) is 15.5. The summed E-state index contributed by atoms with van der Waals surface area (Å²) in [7, 11) is 0. The van der Waals surface area contributed by atoms with E-state index < -0.39 is 53.1 Å². The number of carbonyl (C=O) groups is 4. The minimum Gasteiger partial charge on any atom is -0.395 e.